The van der Waals surface area contributed by atoms with Crippen molar-refractivity contribution in [3.63, 3.8) is 0 Å². The van der Waals surface area contributed by atoms with E-state index in [1.54, 1.807) is 5.01 Å². The van der Waals surface area contributed by atoms with Gasteiger partial charge in [-0.15, -0.1) is 0 Å². The first-order valence-electron chi connectivity index (χ1n) is 7.25. The van der Waals surface area contributed by atoms with Crippen LogP contribution in [0.25, 0.3) is 0 Å². The standard InChI is InChI=1S/C15H18N4O2S/c16-14(20)13-10-12(15(21)18-6-8-22-9-7-18)17-19(13)11-4-2-1-3-5-11/h1-5,13H,6-10H2,(H2,16,20)/t13-/m0/s1. The number of anilines is 1. The lowest BCUT2D eigenvalue weighted by atomic mass is 10.1. The maximum Gasteiger partial charge on any atom is 0.270 e. The average Bonchev–Trinajstić information content (AvgIpc) is 3.01. The Bertz CT molecular complexity index is 599. The SMILES string of the molecule is NC(=O)[C@@H]1CC(C(=O)N2CCSCC2)=NN1c1ccccc1. The average molecular weight is 318 g/mol. The molecule has 0 bridgehead atoms. The molecule has 1 saturated heterocycles. The number of hydrazone groups is 1. The van der Waals surface area contributed by atoms with Gasteiger partial charge in [-0.1, -0.05) is 18.2 Å². The maximum absolute atomic E-state index is 12.6. The molecule has 1 atom stereocenters. The number of primary amides is 1. The Morgan fingerprint density at radius 1 is 1.18 bits per heavy atom. The molecule has 2 aliphatic rings. The Morgan fingerprint density at radius 2 is 1.86 bits per heavy atom. The molecule has 0 aromatic heterocycles. The van der Waals surface area contributed by atoms with Gasteiger partial charge in [0.25, 0.3) is 5.91 Å². The summed E-state index contributed by atoms with van der Waals surface area (Å²) in [7, 11) is 0. The summed E-state index contributed by atoms with van der Waals surface area (Å²) < 4.78 is 0. The number of hydrogen-bond acceptors (Lipinski definition) is 5. The van der Waals surface area contributed by atoms with Crippen molar-refractivity contribution < 1.29 is 9.59 Å². The molecule has 1 aromatic carbocycles. The van der Waals surface area contributed by atoms with Crippen molar-refractivity contribution in [2.24, 2.45) is 10.8 Å². The molecule has 0 spiro atoms. The fourth-order valence-electron chi connectivity index (χ4n) is 2.63. The number of benzene rings is 1. The Balaban J connectivity index is 1.83. The molecule has 2 heterocycles. The summed E-state index contributed by atoms with van der Waals surface area (Å²) in [5.74, 6) is 1.34. The molecule has 7 heteroatoms. The van der Waals surface area contributed by atoms with Crippen LogP contribution in [0, 0.1) is 0 Å². The van der Waals surface area contributed by atoms with Crippen LogP contribution >= 0.6 is 11.8 Å². The predicted octanol–water partition coefficient (Wildman–Crippen LogP) is 0.682. The Kier molecular flexibility index (Phi) is 4.33. The molecule has 0 radical (unpaired) electrons. The van der Waals surface area contributed by atoms with E-state index in [4.69, 9.17) is 5.73 Å². The van der Waals surface area contributed by atoms with Crippen LogP contribution in [0.1, 0.15) is 6.42 Å². The monoisotopic (exact) mass is 318 g/mol. The summed E-state index contributed by atoms with van der Waals surface area (Å²) in [5, 5.41) is 5.95. The largest absolute Gasteiger partial charge is 0.368 e. The molecule has 2 N–H and O–H groups in total. The van der Waals surface area contributed by atoms with E-state index in [0.29, 0.717) is 5.71 Å². The van der Waals surface area contributed by atoms with Gasteiger partial charge in [0.15, 0.2) is 0 Å². The number of rotatable bonds is 3. The number of nitrogens with two attached hydrogens (primary N) is 1. The van der Waals surface area contributed by atoms with Crippen LogP contribution in [0.15, 0.2) is 35.4 Å². The van der Waals surface area contributed by atoms with E-state index in [1.807, 2.05) is 47.0 Å². The second-order valence-electron chi connectivity index (χ2n) is 5.25. The topological polar surface area (TPSA) is 79.0 Å². The minimum absolute atomic E-state index is 0.0787. The van der Waals surface area contributed by atoms with Gasteiger partial charge in [-0.25, -0.2) is 0 Å². The van der Waals surface area contributed by atoms with Gasteiger partial charge in [0.05, 0.1) is 5.69 Å². The van der Waals surface area contributed by atoms with E-state index >= 15 is 0 Å². The summed E-state index contributed by atoms with van der Waals surface area (Å²) in [6, 6.07) is 8.73. The molecule has 2 aliphatic heterocycles. The van der Waals surface area contributed by atoms with Crippen molar-refractivity contribution >= 4 is 35.0 Å². The summed E-state index contributed by atoms with van der Waals surface area (Å²) >= 11 is 1.84. The van der Waals surface area contributed by atoms with Gasteiger partial charge in [-0.3, -0.25) is 14.6 Å². The number of amides is 2. The number of para-hydroxylation sites is 1. The molecule has 2 amide bonds. The van der Waals surface area contributed by atoms with Gasteiger partial charge in [0.1, 0.15) is 11.8 Å². The molecule has 1 aromatic rings. The smallest absolute Gasteiger partial charge is 0.270 e. The first-order chi connectivity index (χ1) is 10.7. The lowest BCUT2D eigenvalue weighted by molar-refractivity contribution is -0.123. The lowest BCUT2D eigenvalue weighted by Crippen LogP contribution is -2.42. The zero-order chi connectivity index (χ0) is 15.5. The zero-order valence-corrected chi connectivity index (χ0v) is 13.0. The van der Waals surface area contributed by atoms with Crippen molar-refractivity contribution in [2.75, 3.05) is 29.6 Å². The van der Waals surface area contributed by atoms with Crippen molar-refractivity contribution in [1.82, 2.24) is 4.90 Å². The minimum atomic E-state index is -0.597. The molecule has 22 heavy (non-hydrogen) atoms. The Hall–Kier alpha value is -2.02. The molecule has 116 valence electrons. The van der Waals surface area contributed by atoms with Crippen LogP contribution in [-0.4, -0.2) is 53.1 Å². The van der Waals surface area contributed by atoms with Gasteiger partial charge < -0.3 is 10.6 Å². The summed E-state index contributed by atoms with van der Waals surface area (Å²) in [4.78, 5) is 26.1. The molecule has 0 unspecified atom stereocenters. The molecular formula is C15H18N4O2S. The van der Waals surface area contributed by atoms with Gasteiger partial charge in [-0.05, 0) is 12.1 Å². The number of hydrogen-bond donors (Lipinski definition) is 1. The predicted molar refractivity (Wildman–Crippen MR) is 87.9 cm³/mol. The number of carbonyl (C=O) groups is 2. The van der Waals surface area contributed by atoms with Gasteiger partial charge in [-0.2, -0.15) is 16.9 Å². The second-order valence-corrected chi connectivity index (χ2v) is 6.48. The van der Waals surface area contributed by atoms with Crippen LogP contribution in [0.5, 0.6) is 0 Å². The van der Waals surface area contributed by atoms with E-state index in [-0.39, 0.29) is 12.3 Å². The van der Waals surface area contributed by atoms with E-state index < -0.39 is 11.9 Å². The molecule has 6 nitrogen and oxygen atoms in total. The van der Waals surface area contributed by atoms with Gasteiger partial charge >= 0.3 is 0 Å². The first-order valence-corrected chi connectivity index (χ1v) is 8.40. The highest BCUT2D eigenvalue weighted by molar-refractivity contribution is 7.99. The Morgan fingerprint density at radius 3 is 2.50 bits per heavy atom. The second kappa shape index (κ2) is 6.39. The zero-order valence-electron chi connectivity index (χ0n) is 12.1. The number of nitrogens with zero attached hydrogens (tertiary/aromatic N) is 3. The maximum atomic E-state index is 12.6. The van der Waals surface area contributed by atoms with E-state index in [0.717, 1.165) is 30.3 Å². The number of thioether (sulfide) groups is 1. The van der Waals surface area contributed by atoms with Crippen molar-refractivity contribution in [2.45, 2.75) is 12.5 Å². The molecule has 3 rings (SSSR count). The third kappa shape index (κ3) is 2.94. The molecule has 1 fully saturated rings. The highest BCUT2D eigenvalue weighted by Crippen LogP contribution is 2.25. The highest BCUT2D eigenvalue weighted by atomic mass is 32.2. The highest BCUT2D eigenvalue weighted by Gasteiger charge is 2.36. The van der Waals surface area contributed by atoms with Crippen LogP contribution in [0.3, 0.4) is 0 Å². The summed E-state index contributed by atoms with van der Waals surface area (Å²) in [6.07, 6.45) is 0.271. The van der Waals surface area contributed by atoms with Crippen LogP contribution in [-0.2, 0) is 9.59 Å². The van der Waals surface area contributed by atoms with Crippen LogP contribution < -0.4 is 10.7 Å². The fraction of sp³-hybridized carbons (Fsp3) is 0.400. The molecule has 0 aliphatic carbocycles. The fourth-order valence-corrected chi connectivity index (χ4v) is 3.53. The van der Waals surface area contributed by atoms with Crippen LogP contribution in [0.4, 0.5) is 5.69 Å². The van der Waals surface area contributed by atoms with Crippen molar-refractivity contribution in [3.8, 4) is 0 Å². The minimum Gasteiger partial charge on any atom is -0.368 e. The van der Waals surface area contributed by atoms with E-state index in [2.05, 4.69) is 5.10 Å². The van der Waals surface area contributed by atoms with Gasteiger partial charge in [0, 0.05) is 31.0 Å². The van der Waals surface area contributed by atoms with Crippen LogP contribution in [0.2, 0.25) is 0 Å². The van der Waals surface area contributed by atoms with E-state index in [9.17, 15) is 9.59 Å². The molecule has 0 saturated carbocycles. The van der Waals surface area contributed by atoms with Crippen molar-refractivity contribution in [3.05, 3.63) is 30.3 Å². The normalized spacial score (nSPS) is 21.6. The quantitative estimate of drug-likeness (QED) is 0.889. The lowest BCUT2D eigenvalue weighted by Gasteiger charge is -2.26. The number of carbonyl (C=O) groups excluding carboxylic acids is 2. The van der Waals surface area contributed by atoms with Gasteiger partial charge in [0.2, 0.25) is 5.91 Å². The Labute approximate surface area is 133 Å². The van der Waals surface area contributed by atoms with E-state index in [1.165, 1.54) is 0 Å². The summed E-state index contributed by atoms with van der Waals surface area (Å²) in [5.41, 5.74) is 6.67. The van der Waals surface area contributed by atoms with Crippen molar-refractivity contribution in [1.29, 1.82) is 0 Å². The first kappa shape index (κ1) is 14.9. The third-order valence-electron chi connectivity index (χ3n) is 3.80. The third-order valence-corrected chi connectivity index (χ3v) is 4.75. The molecular weight excluding hydrogens is 300 g/mol. The summed E-state index contributed by atoms with van der Waals surface area (Å²) in [6.45, 7) is 1.46.